The van der Waals surface area contributed by atoms with Crippen molar-refractivity contribution in [2.24, 2.45) is 0 Å². The molecule has 0 aliphatic carbocycles. The first-order chi connectivity index (χ1) is 16.2. The van der Waals surface area contributed by atoms with Crippen LogP contribution >= 0.6 is 0 Å². The van der Waals surface area contributed by atoms with Crippen LogP contribution in [0.25, 0.3) is 5.76 Å². The first kappa shape index (κ1) is 23.2. The Kier molecular flexibility index (Phi) is 6.24. The van der Waals surface area contributed by atoms with Crippen molar-refractivity contribution in [1.29, 1.82) is 0 Å². The van der Waals surface area contributed by atoms with Gasteiger partial charge in [-0.25, -0.2) is 8.78 Å². The second-order valence-corrected chi connectivity index (χ2v) is 8.04. The van der Waals surface area contributed by atoms with Crippen LogP contribution in [0.3, 0.4) is 0 Å². The quantitative estimate of drug-likeness (QED) is 0.290. The fourth-order valence-electron chi connectivity index (χ4n) is 3.93. The summed E-state index contributed by atoms with van der Waals surface area (Å²) in [6, 6.07) is 9.84. The minimum atomic E-state index is -1.17. The third-order valence-electron chi connectivity index (χ3n) is 5.57. The molecule has 1 aliphatic heterocycles. The molecule has 34 heavy (non-hydrogen) atoms. The summed E-state index contributed by atoms with van der Waals surface area (Å²) in [7, 11) is 0. The molecule has 1 N–H and O–H groups in total. The fraction of sp³-hybridized carbons (Fsp3) is 0.231. The number of ether oxygens (including phenoxy) is 1. The molecule has 6 nitrogen and oxygen atoms in total. The number of Topliss-reactive ketones (excluding diaryl/α,β-unsaturated/α-hetero) is 1. The van der Waals surface area contributed by atoms with E-state index in [4.69, 9.17) is 9.15 Å². The zero-order chi connectivity index (χ0) is 24.6. The van der Waals surface area contributed by atoms with Crippen molar-refractivity contribution in [3.05, 3.63) is 88.4 Å². The van der Waals surface area contributed by atoms with Gasteiger partial charge in [-0.1, -0.05) is 6.92 Å². The van der Waals surface area contributed by atoms with E-state index in [1.54, 1.807) is 44.2 Å². The Morgan fingerprint density at radius 1 is 1.06 bits per heavy atom. The molecule has 176 valence electrons. The van der Waals surface area contributed by atoms with Crippen LogP contribution in [0.2, 0.25) is 0 Å². The zero-order valence-corrected chi connectivity index (χ0v) is 18.9. The molecule has 0 radical (unpaired) electrons. The van der Waals surface area contributed by atoms with E-state index in [2.05, 4.69) is 0 Å². The number of nitrogens with zero attached hydrogens (tertiary/aromatic N) is 1. The van der Waals surface area contributed by atoms with Crippen LogP contribution in [0, 0.1) is 25.5 Å². The number of aryl methyl sites for hydroxylation is 2. The monoisotopic (exact) mass is 467 g/mol. The lowest BCUT2D eigenvalue weighted by Gasteiger charge is -2.23. The van der Waals surface area contributed by atoms with Crippen molar-refractivity contribution in [3.8, 4) is 5.75 Å². The number of benzene rings is 2. The number of anilines is 1. The van der Waals surface area contributed by atoms with Crippen LogP contribution in [0.5, 0.6) is 5.75 Å². The van der Waals surface area contributed by atoms with Gasteiger partial charge in [0.15, 0.2) is 11.6 Å². The van der Waals surface area contributed by atoms with Crippen molar-refractivity contribution in [1.82, 2.24) is 0 Å². The van der Waals surface area contributed by atoms with Crippen LogP contribution in [0.15, 0.2) is 58.5 Å². The Morgan fingerprint density at radius 2 is 1.82 bits per heavy atom. The molecule has 2 aromatic carbocycles. The van der Waals surface area contributed by atoms with Gasteiger partial charge in [0.05, 0.1) is 12.2 Å². The molecule has 1 amide bonds. The van der Waals surface area contributed by atoms with Crippen LogP contribution < -0.4 is 9.64 Å². The Hall–Kier alpha value is -3.94. The number of amides is 1. The lowest BCUT2D eigenvalue weighted by molar-refractivity contribution is -0.132. The summed E-state index contributed by atoms with van der Waals surface area (Å²) in [5.41, 5.74) is 0.778. The van der Waals surface area contributed by atoms with Gasteiger partial charge >= 0.3 is 0 Å². The topological polar surface area (TPSA) is 80.0 Å². The van der Waals surface area contributed by atoms with E-state index in [-0.39, 0.29) is 17.0 Å². The van der Waals surface area contributed by atoms with Crippen molar-refractivity contribution in [3.63, 3.8) is 0 Å². The van der Waals surface area contributed by atoms with E-state index < -0.39 is 35.1 Å². The maximum Gasteiger partial charge on any atom is 0.300 e. The van der Waals surface area contributed by atoms with Crippen LogP contribution in [-0.4, -0.2) is 23.4 Å². The number of furan rings is 1. The van der Waals surface area contributed by atoms with Gasteiger partial charge in [-0.3, -0.25) is 14.5 Å². The number of hydrogen-bond acceptors (Lipinski definition) is 5. The SMILES string of the molecule is CCCOc1ccc(/C(O)=C2/C(=O)C(=O)N(c3ccc(F)c(F)c3)C2c2ccc(C)o2)cc1C. The summed E-state index contributed by atoms with van der Waals surface area (Å²) in [5, 5.41) is 11.2. The molecule has 1 unspecified atom stereocenters. The summed E-state index contributed by atoms with van der Waals surface area (Å²) in [6.07, 6.45) is 0.831. The number of carbonyl (C=O) groups excluding carboxylic acids is 2. The number of aliphatic hydroxyl groups is 1. The van der Waals surface area contributed by atoms with E-state index in [0.29, 0.717) is 23.7 Å². The van der Waals surface area contributed by atoms with Gasteiger partial charge in [0.1, 0.15) is 29.1 Å². The van der Waals surface area contributed by atoms with Gasteiger partial charge in [-0.2, -0.15) is 0 Å². The van der Waals surface area contributed by atoms with Gasteiger partial charge in [0.25, 0.3) is 11.7 Å². The molecule has 0 spiro atoms. The molecule has 8 heteroatoms. The van der Waals surface area contributed by atoms with E-state index in [1.165, 1.54) is 6.07 Å². The molecule has 3 aromatic rings. The highest BCUT2D eigenvalue weighted by atomic mass is 19.2. The van der Waals surface area contributed by atoms with Gasteiger partial charge in [0.2, 0.25) is 0 Å². The summed E-state index contributed by atoms with van der Waals surface area (Å²) in [6.45, 7) is 6.00. The lowest BCUT2D eigenvalue weighted by atomic mass is 9.98. The van der Waals surface area contributed by atoms with Crippen LogP contribution in [-0.2, 0) is 9.59 Å². The third kappa shape index (κ3) is 4.07. The molecule has 1 atom stereocenters. The molecule has 1 aliphatic rings. The highest BCUT2D eigenvalue weighted by Crippen LogP contribution is 2.43. The van der Waals surface area contributed by atoms with E-state index in [1.807, 2.05) is 6.92 Å². The third-order valence-corrected chi connectivity index (χ3v) is 5.57. The summed E-state index contributed by atoms with van der Waals surface area (Å²) < 4.78 is 38.9. The van der Waals surface area contributed by atoms with Gasteiger partial charge in [0, 0.05) is 17.3 Å². The molecule has 1 fully saturated rings. The number of ketones is 1. The van der Waals surface area contributed by atoms with Gasteiger partial charge in [-0.05, 0) is 68.3 Å². The smallest absolute Gasteiger partial charge is 0.300 e. The predicted molar refractivity (Wildman–Crippen MR) is 122 cm³/mol. The maximum absolute atomic E-state index is 14.0. The normalized spacial score (nSPS) is 17.4. The van der Waals surface area contributed by atoms with E-state index >= 15 is 0 Å². The second kappa shape index (κ2) is 9.13. The maximum atomic E-state index is 14.0. The Labute approximate surface area is 195 Å². The number of aliphatic hydroxyl groups excluding tert-OH is 1. The van der Waals surface area contributed by atoms with E-state index in [0.717, 1.165) is 29.0 Å². The minimum Gasteiger partial charge on any atom is -0.507 e. The summed E-state index contributed by atoms with van der Waals surface area (Å²) >= 11 is 0. The Morgan fingerprint density at radius 3 is 2.44 bits per heavy atom. The molecule has 0 saturated carbocycles. The first-order valence-electron chi connectivity index (χ1n) is 10.8. The summed E-state index contributed by atoms with van der Waals surface area (Å²) in [4.78, 5) is 27.1. The van der Waals surface area contributed by atoms with Crippen LogP contribution in [0.4, 0.5) is 14.5 Å². The molecule has 2 heterocycles. The molecule has 4 rings (SSSR count). The molecule has 1 aromatic heterocycles. The average molecular weight is 467 g/mol. The van der Waals surface area contributed by atoms with Crippen LogP contribution in [0.1, 0.15) is 42.0 Å². The number of hydrogen-bond donors (Lipinski definition) is 1. The van der Waals surface area contributed by atoms with Crippen molar-refractivity contribution < 1.29 is 32.6 Å². The fourth-order valence-corrected chi connectivity index (χ4v) is 3.93. The molecule has 0 bridgehead atoms. The van der Waals surface area contributed by atoms with Crippen molar-refractivity contribution >= 4 is 23.1 Å². The molecule has 1 saturated heterocycles. The van der Waals surface area contributed by atoms with E-state index in [9.17, 15) is 23.5 Å². The number of rotatable bonds is 6. The lowest BCUT2D eigenvalue weighted by Crippen LogP contribution is -2.29. The molecular weight excluding hydrogens is 444 g/mol. The number of halogens is 2. The predicted octanol–water partition coefficient (Wildman–Crippen LogP) is 5.59. The highest BCUT2D eigenvalue weighted by molar-refractivity contribution is 6.51. The van der Waals surface area contributed by atoms with Gasteiger partial charge < -0.3 is 14.3 Å². The van der Waals surface area contributed by atoms with Gasteiger partial charge in [-0.15, -0.1) is 0 Å². The average Bonchev–Trinajstić information content (AvgIpc) is 3.35. The minimum absolute atomic E-state index is 0.0430. The second-order valence-electron chi connectivity index (χ2n) is 8.04. The van der Waals surface area contributed by atoms with Crippen molar-refractivity contribution in [2.45, 2.75) is 33.2 Å². The number of carbonyl (C=O) groups is 2. The largest absolute Gasteiger partial charge is 0.507 e. The Bertz CT molecular complexity index is 1310. The van der Waals surface area contributed by atoms with Crippen molar-refractivity contribution in [2.75, 3.05) is 11.5 Å². The summed E-state index contributed by atoms with van der Waals surface area (Å²) in [5.74, 6) is -3.29. The Balaban J connectivity index is 1.87. The standard InChI is InChI=1S/C26H23F2NO5/c1-4-11-33-20-10-6-16(12-14(20)2)24(30)22-23(21-9-5-15(3)34-21)29(26(32)25(22)31)17-7-8-18(27)19(28)13-17/h5-10,12-13,23,30H,4,11H2,1-3H3/b24-22-. The zero-order valence-electron chi connectivity index (χ0n) is 18.9. The molecular formula is C26H23F2NO5. The highest BCUT2D eigenvalue weighted by Gasteiger charge is 2.48. The first-order valence-corrected chi connectivity index (χ1v) is 10.8.